The SMILES string of the molecule is Cn1cccc1-c1csc(NC(=O)CCN2CCOC2=O)n1. The second-order valence-corrected chi connectivity index (χ2v) is 5.80. The average Bonchev–Trinajstić information content (AvgIpc) is 3.19. The Balaban J connectivity index is 1.55. The third kappa shape index (κ3) is 3.11. The van der Waals surface area contributed by atoms with Gasteiger partial charge in [0.2, 0.25) is 5.91 Å². The first-order chi connectivity index (χ1) is 10.6. The molecule has 0 aliphatic carbocycles. The molecule has 7 nitrogen and oxygen atoms in total. The van der Waals surface area contributed by atoms with Gasteiger partial charge in [-0.3, -0.25) is 4.79 Å². The number of carbonyl (C=O) groups is 2. The van der Waals surface area contributed by atoms with Gasteiger partial charge in [0.05, 0.1) is 17.9 Å². The standard InChI is InChI=1S/C14H16N4O3S/c1-17-5-2-3-11(17)10-9-22-13(15-10)16-12(19)4-6-18-7-8-21-14(18)20/h2-3,5,9H,4,6-8H2,1H3,(H,15,16,19). The van der Waals surface area contributed by atoms with E-state index in [1.54, 1.807) is 0 Å². The van der Waals surface area contributed by atoms with Crippen LogP contribution >= 0.6 is 11.3 Å². The van der Waals surface area contributed by atoms with Crippen molar-refractivity contribution in [1.82, 2.24) is 14.5 Å². The van der Waals surface area contributed by atoms with Crippen molar-refractivity contribution >= 4 is 28.5 Å². The summed E-state index contributed by atoms with van der Waals surface area (Å²) < 4.78 is 6.79. The Kier molecular flexibility index (Phi) is 4.10. The molecular formula is C14H16N4O3S. The van der Waals surface area contributed by atoms with Gasteiger partial charge in [-0.25, -0.2) is 9.78 Å². The normalized spacial score (nSPS) is 14.2. The van der Waals surface area contributed by atoms with Crippen LogP contribution in [0.1, 0.15) is 6.42 Å². The average molecular weight is 320 g/mol. The van der Waals surface area contributed by atoms with Crippen molar-refractivity contribution < 1.29 is 14.3 Å². The molecule has 0 unspecified atom stereocenters. The Bertz CT molecular complexity index is 694. The number of amides is 2. The van der Waals surface area contributed by atoms with Crippen LogP contribution in [0.2, 0.25) is 0 Å². The fourth-order valence-corrected chi connectivity index (χ4v) is 2.94. The summed E-state index contributed by atoms with van der Waals surface area (Å²) >= 11 is 1.38. The number of hydrogen-bond acceptors (Lipinski definition) is 5. The van der Waals surface area contributed by atoms with E-state index < -0.39 is 0 Å². The number of aryl methyl sites for hydroxylation is 1. The maximum Gasteiger partial charge on any atom is 0.409 e. The van der Waals surface area contributed by atoms with Gasteiger partial charge in [-0.05, 0) is 12.1 Å². The van der Waals surface area contributed by atoms with E-state index in [9.17, 15) is 9.59 Å². The number of nitrogens with one attached hydrogen (secondary N) is 1. The molecule has 0 saturated carbocycles. The lowest BCUT2D eigenvalue weighted by Crippen LogP contribution is -2.28. The summed E-state index contributed by atoms with van der Waals surface area (Å²) in [5, 5.41) is 5.23. The molecule has 22 heavy (non-hydrogen) atoms. The van der Waals surface area contributed by atoms with Crippen molar-refractivity contribution in [3.63, 3.8) is 0 Å². The first-order valence-corrected chi connectivity index (χ1v) is 7.80. The van der Waals surface area contributed by atoms with Crippen molar-refractivity contribution in [2.45, 2.75) is 6.42 Å². The highest BCUT2D eigenvalue weighted by atomic mass is 32.1. The van der Waals surface area contributed by atoms with E-state index >= 15 is 0 Å². The van der Waals surface area contributed by atoms with Crippen LogP contribution in [0.25, 0.3) is 11.4 Å². The molecule has 0 aromatic carbocycles. The molecule has 2 aromatic rings. The van der Waals surface area contributed by atoms with E-state index in [0.717, 1.165) is 11.4 Å². The minimum Gasteiger partial charge on any atom is -0.448 e. The molecule has 1 fully saturated rings. The monoisotopic (exact) mass is 320 g/mol. The lowest BCUT2D eigenvalue weighted by atomic mass is 10.3. The molecule has 3 rings (SSSR count). The third-order valence-corrected chi connectivity index (χ3v) is 4.17. The van der Waals surface area contributed by atoms with E-state index in [4.69, 9.17) is 4.74 Å². The molecule has 1 aliphatic rings. The summed E-state index contributed by atoms with van der Waals surface area (Å²) in [7, 11) is 1.95. The van der Waals surface area contributed by atoms with Gasteiger partial charge >= 0.3 is 6.09 Å². The highest BCUT2D eigenvalue weighted by Gasteiger charge is 2.22. The van der Waals surface area contributed by atoms with Crippen LogP contribution in [0.15, 0.2) is 23.7 Å². The molecular weight excluding hydrogens is 304 g/mol. The zero-order valence-electron chi connectivity index (χ0n) is 12.1. The van der Waals surface area contributed by atoms with Crippen LogP contribution in [0.5, 0.6) is 0 Å². The predicted octanol–water partition coefficient (Wildman–Crippen LogP) is 1.93. The second kappa shape index (κ2) is 6.18. The minimum atomic E-state index is -0.354. The van der Waals surface area contributed by atoms with Crippen LogP contribution in [0.4, 0.5) is 9.93 Å². The van der Waals surface area contributed by atoms with Crippen molar-refractivity contribution in [1.29, 1.82) is 0 Å². The number of carbonyl (C=O) groups excluding carboxylic acids is 2. The van der Waals surface area contributed by atoms with Crippen LogP contribution in [-0.4, -0.2) is 46.1 Å². The fourth-order valence-electron chi connectivity index (χ4n) is 2.22. The number of anilines is 1. The number of cyclic esters (lactones) is 1. The summed E-state index contributed by atoms with van der Waals surface area (Å²) in [5.74, 6) is -0.160. The molecule has 0 bridgehead atoms. The molecule has 2 amide bonds. The molecule has 1 saturated heterocycles. The molecule has 116 valence electrons. The molecule has 8 heteroatoms. The van der Waals surface area contributed by atoms with E-state index in [-0.39, 0.29) is 18.4 Å². The number of nitrogens with zero attached hydrogens (tertiary/aromatic N) is 3. The molecule has 0 spiro atoms. The second-order valence-electron chi connectivity index (χ2n) is 4.94. The summed E-state index contributed by atoms with van der Waals surface area (Å²) in [4.78, 5) is 29.1. The summed E-state index contributed by atoms with van der Waals surface area (Å²) in [6.07, 6.45) is 1.82. The highest BCUT2D eigenvalue weighted by Crippen LogP contribution is 2.24. The number of ether oxygens (including phenoxy) is 1. The van der Waals surface area contributed by atoms with Crippen LogP contribution in [0, 0.1) is 0 Å². The minimum absolute atomic E-state index is 0.160. The summed E-state index contributed by atoms with van der Waals surface area (Å²) in [5.41, 5.74) is 1.83. The van der Waals surface area contributed by atoms with Gasteiger partial charge < -0.3 is 19.5 Å². The zero-order valence-corrected chi connectivity index (χ0v) is 12.9. The number of rotatable bonds is 5. The third-order valence-electron chi connectivity index (χ3n) is 3.41. The fraction of sp³-hybridized carbons (Fsp3) is 0.357. The molecule has 1 aliphatic heterocycles. The first-order valence-electron chi connectivity index (χ1n) is 6.92. The van der Waals surface area contributed by atoms with Crippen LogP contribution < -0.4 is 5.32 Å². The van der Waals surface area contributed by atoms with E-state index in [1.165, 1.54) is 16.2 Å². The zero-order chi connectivity index (χ0) is 15.5. The molecule has 1 N–H and O–H groups in total. The topological polar surface area (TPSA) is 76.5 Å². The quantitative estimate of drug-likeness (QED) is 0.913. The number of hydrogen-bond donors (Lipinski definition) is 1. The van der Waals surface area contributed by atoms with Crippen LogP contribution in [0.3, 0.4) is 0 Å². The lowest BCUT2D eigenvalue weighted by Gasteiger charge is -2.11. The Morgan fingerprint density at radius 3 is 3.09 bits per heavy atom. The van der Waals surface area contributed by atoms with Gasteiger partial charge in [-0.2, -0.15) is 0 Å². The largest absolute Gasteiger partial charge is 0.448 e. The van der Waals surface area contributed by atoms with E-state index in [1.807, 2.05) is 35.3 Å². The van der Waals surface area contributed by atoms with Gasteiger partial charge in [0.1, 0.15) is 6.61 Å². The van der Waals surface area contributed by atoms with Crippen molar-refractivity contribution in [3.05, 3.63) is 23.7 Å². The Morgan fingerprint density at radius 2 is 2.41 bits per heavy atom. The van der Waals surface area contributed by atoms with E-state index in [0.29, 0.717) is 24.8 Å². The number of thiazole rings is 1. The molecule has 3 heterocycles. The smallest absolute Gasteiger partial charge is 0.409 e. The first kappa shape index (κ1) is 14.6. The van der Waals surface area contributed by atoms with Gasteiger partial charge in [0.15, 0.2) is 5.13 Å². The van der Waals surface area contributed by atoms with E-state index in [2.05, 4.69) is 10.3 Å². The maximum atomic E-state index is 11.9. The Hall–Kier alpha value is -2.35. The van der Waals surface area contributed by atoms with Crippen molar-refractivity contribution in [3.8, 4) is 11.4 Å². The summed E-state index contributed by atoms with van der Waals surface area (Å²) in [6.45, 7) is 1.30. The number of aromatic nitrogens is 2. The highest BCUT2D eigenvalue weighted by molar-refractivity contribution is 7.14. The summed E-state index contributed by atoms with van der Waals surface area (Å²) in [6, 6.07) is 3.92. The lowest BCUT2D eigenvalue weighted by molar-refractivity contribution is -0.116. The molecule has 2 aromatic heterocycles. The molecule has 0 atom stereocenters. The Morgan fingerprint density at radius 1 is 1.55 bits per heavy atom. The van der Waals surface area contributed by atoms with Gasteiger partial charge in [-0.15, -0.1) is 11.3 Å². The predicted molar refractivity (Wildman–Crippen MR) is 82.7 cm³/mol. The molecule has 0 radical (unpaired) electrons. The van der Waals surface area contributed by atoms with Crippen molar-refractivity contribution in [2.24, 2.45) is 7.05 Å². The van der Waals surface area contributed by atoms with Gasteiger partial charge in [-0.1, -0.05) is 0 Å². The maximum absolute atomic E-state index is 11.9. The Labute approximate surface area is 131 Å². The van der Waals surface area contributed by atoms with Gasteiger partial charge in [0, 0.05) is 31.6 Å². The van der Waals surface area contributed by atoms with Crippen LogP contribution in [-0.2, 0) is 16.6 Å². The van der Waals surface area contributed by atoms with Crippen molar-refractivity contribution in [2.75, 3.05) is 25.0 Å². The van der Waals surface area contributed by atoms with Gasteiger partial charge in [0.25, 0.3) is 0 Å².